The molecule has 2 aromatic rings. The van der Waals surface area contributed by atoms with Gasteiger partial charge in [0.1, 0.15) is 0 Å². The molecule has 0 aliphatic carbocycles. The van der Waals surface area contributed by atoms with E-state index < -0.39 is 0 Å². The summed E-state index contributed by atoms with van der Waals surface area (Å²) in [5.41, 5.74) is 2.78. The largest absolute Gasteiger partial charge is 0.350 e. The van der Waals surface area contributed by atoms with Crippen LogP contribution < -0.4 is 5.32 Å². The smallest absolute Gasteiger partial charge is 0.0481 e. The Morgan fingerprint density at radius 2 is 2.11 bits per heavy atom. The number of para-hydroxylation sites is 1. The van der Waals surface area contributed by atoms with Gasteiger partial charge in [-0.2, -0.15) is 0 Å². The number of aromatic nitrogens is 1. The summed E-state index contributed by atoms with van der Waals surface area (Å²) in [7, 11) is 2.13. The van der Waals surface area contributed by atoms with E-state index in [1.807, 2.05) is 0 Å². The van der Waals surface area contributed by atoms with Gasteiger partial charge >= 0.3 is 0 Å². The lowest BCUT2D eigenvalue weighted by atomic mass is 10.1. The molecule has 3 rings (SSSR count). The molecule has 0 saturated carbocycles. The Hall–Kier alpha value is -1.32. The van der Waals surface area contributed by atoms with Crippen LogP contribution in [-0.4, -0.2) is 35.1 Å². The van der Waals surface area contributed by atoms with Gasteiger partial charge in [-0.3, -0.25) is 4.90 Å². The Bertz CT molecular complexity index is 540. The van der Waals surface area contributed by atoms with E-state index in [-0.39, 0.29) is 0 Å². The summed E-state index contributed by atoms with van der Waals surface area (Å²) in [4.78, 5) is 2.57. The average molecular weight is 243 g/mol. The van der Waals surface area contributed by atoms with Gasteiger partial charge in [-0.15, -0.1) is 0 Å². The van der Waals surface area contributed by atoms with Crippen molar-refractivity contribution < 1.29 is 0 Å². The fraction of sp³-hybridized carbons (Fsp3) is 0.467. The second-order valence-electron chi connectivity index (χ2n) is 5.16. The highest BCUT2D eigenvalue weighted by Gasteiger charge is 2.23. The van der Waals surface area contributed by atoms with Crippen LogP contribution in [0.4, 0.5) is 0 Å². The van der Waals surface area contributed by atoms with Crippen LogP contribution in [0.2, 0.25) is 0 Å². The summed E-state index contributed by atoms with van der Waals surface area (Å²) >= 11 is 0. The zero-order valence-electron chi connectivity index (χ0n) is 11.2. The molecule has 1 N–H and O–H groups in total. The number of hydrogen-bond acceptors (Lipinski definition) is 2. The zero-order chi connectivity index (χ0) is 12.5. The van der Waals surface area contributed by atoms with Gasteiger partial charge in [0.05, 0.1) is 0 Å². The van der Waals surface area contributed by atoms with E-state index in [0.29, 0.717) is 6.04 Å². The van der Waals surface area contributed by atoms with Gasteiger partial charge in [0, 0.05) is 49.8 Å². The third-order valence-electron chi connectivity index (χ3n) is 4.04. The standard InChI is InChI=1S/C15H21N3/c1-3-18(13-8-16-9-13)11-12-10-17(2)15-7-5-4-6-14(12)15/h4-7,10,13,16H,3,8-9,11H2,1-2H3. The highest BCUT2D eigenvalue weighted by Crippen LogP contribution is 2.22. The van der Waals surface area contributed by atoms with E-state index in [0.717, 1.165) is 26.2 Å². The van der Waals surface area contributed by atoms with E-state index in [1.54, 1.807) is 0 Å². The molecule has 1 aromatic heterocycles. The van der Waals surface area contributed by atoms with Crippen molar-refractivity contribution >= 4 is 10.9 Å². The lowest BCUT2D eigenvalue weighted by molar-refractivity contribution is 0.146. The molecule has 0 amide bonds. The number of likely N-dealkylation sites (N-methyl/N-ethyl adjacent to an activating group) is 1. The van der Waals surface area contributed by atoms with Crippen molar-refractivity contribution in [2.75, 3.05) is 19.6 Å². The first-order valence-electron chi connectivity index (χ1n) is 6.77. The first-order chi connectivity index (χ1) is 8.79. The highest BCUT2D eigenvalue weighted by atomic mass is 15.2. The van der Waals surface area contributed by atoms with Crippen molar-refractivity contribution in [1.29, 1.82) is 0 Å². The maximum atomic E-state index is 3.36. The molecule has 0 atom stereocenters. The minimum absolute atomic E-state index is 0.717. The Labute approximate surface area is 108 Å². The fourth-order valence-corrected chi connectivity index (χ4v) is 2.80. The quantitative estimate of drug-likeness (QED) is 0.886. The van der Waals surface area contributed by atoms with Crippen molar-refractivity contribution in [2.45, 2.75) is 19.5 Å². The van der Waals surface area contributed by atoms with Gasteiger partial charge in [0.2, 0.25) is 0 Å². The van der Waals surface area contributed by atoms with Crippen molar-refractivity contribution in [3.8, 4) is 0 Å². The third kappa shape index (κ3) is 1.93. The van der Waals surface area contributed by atoms with E-state index in [1.165, 1.54) is 16.5 Å². The number of benzene rings is 1. The maximum Gasteiger partial charge on any atom is 0.0481 e. The second-order valence-corrected chi connectivity index (χ2v) is 5.16. The zero-order valence-corrected chi connectivity index (χ0v) is 11.2. The van der Waals surface area contributed by atoms with Gasteiger partial charge in [-0.1, -0.05) is 25.1 Å². The molecule has 3 heteroatoms. The highest BCUT2D eigenvalue weighted by molar-refractivity contribution is 5.83. The number of aryl methyl sites for hydroxylation is 1. The summed E-state index contributed by atoms with van der Waals surface area (Å²) < 4.78 is 2.23. The van der Waals surface area contributed by atoms with Crippen molar-refractivity contribution in [2.24, 2.45) is 7.05 Å². The number of hydrogen-bond donors (Lipinski definition) is 1. The van der Waals surface area contributed by atoms with Crippen LogP contribution in [-0.2, 0) is 13.6 Å². The van der Waals surface area contributed by atoms with Gasteiger partial charge in [0.25, 0.3) is 0 Å². The molecule has 0 unspecified atom stereocenters. The van der Waals surface area contributed by atoms with E-state index in [4.69, 9.17) is 0 Å². The average Bonchev–Trinajstić information content (AvgIpc) is 2.64. The first kappa shape index (κ1) is 11.8. The topological polar surface area (TPSA) is 20.2 Å². The fourth-order valence-electron chi connectivity index (χ4n) is 2.80. The molecule has 96 valence electrons. The van der Waals surface area contributed by atoms with E-state index in [2.05, 4.69) is 59.2 Å². The second kappa shape index (κ2) is 4.75. The molecular formula is C15H21N3. The van der Waals surface area contributed by atoms with Crippen LogP contribution >= 0.6 is 0 Å². The number of nitrogens with zero attached hydrogens (tertiary/aromatic N) is 2. The Morgan fingerprint density at radius 1 is 1.33 bits per heavy atom. The first-order valence-corrected chi connectivity index (χ1v) is 6.77. The van der Waals surface area contributed by atoms with Crippen LogP contribution in [0.3, 0.4) is 0 Å². The van der Waals surface area contributed by atoms with Crippen LogP contribution in [0, 0.1) is 0 Å². The van der Waals surface area contributed by atoms with Gasteiger partial charge in [0.15, 0.2) is 0 Å². The molecule has 1 aliphatic heterocycles. The lowest BCUT2D eigenvalue weighted by Crippen LogP contribution is -2.56. The molecule has 2 heterocycles. The van der Waals surface area contributed by atoms with Crippen LogP contribution in [0.25, 0.3) is 10.9 Å². The Morgan fingerprint density at radius 3 is 2.78 bits per heavy atom. The van der Waals surface area contributed by atoms with Crippen LogP contribution in [0.15, 0.2) is 30.5 Å². The molecule has 1 fully saturated rings. The molecule has 1 aromatic carbocycles. The summed E-state index contributed by atoms with van der Waals surface area (Å²) in [6, 6.07) is 9.39. The summed E-state index contributed by atoms with van der Waals surface area (Å²) in [5.74, 6) is 0. The van der Waals surface area contributed by atoms with Crippen molar-refractivity contribution in [3.63, 3.8) is 0 Å². The third-order valence-corrected chi connectivity index (χ3v) is 4.04. The summed E-state index contributed by atoms with van der Waals surface area (Å²) in [6.07, 6.45) is 2.28. The summed E-state index contributed by atoms with van der Waals surface area (Å²) in [5, 5.41) is 4.75. The Kier molecular flexibility index (Phi) is 3.10. The SMILES string of the molecule is CCN(Cc1cn(C)c2ccccc12)C1CNC1. The van der Waals surface area contributed by atoms with E-state index in [9.17, 15) is 0 Å². The predicted molar refractivity (Wildman–Crippen MR) is 75.7 cm³/mol. The number of fused-ring (bicyclic) bond motifs is 1. The van der Waals surface area contributed by atoms with Gasteiger partial charge in [-0.25, -0.2) is 0 Å². The monoisotopic (exact) mass is 243 g/mol. The minimum atomic E-state index is 0.717. The summed E-state index contributed by atoms with van der Waals surface area (Å²) in [6.45, 7) is 6.71. The predicted octanol–water partition coefficient (Wildman–Crippen LogP) is 1.97. The van der Waals surface area contributed by atoms with E-state index >= 15 is 0 Å². The number of nitrogens with one attached hydrogen (secondary N) is 1. The molecule has 3 nitrogen and oxygen atoms in total. The van der Waals surface area contributed by atoms with Crippen molar-refractivity contribution in [1.82, 2.24) is 14.8 Å². The lowest BCUT2D eigenvalue weighted by Gasteiger charge is -2.37. The molecule has 1 aliphatic rings. The van der Waals surface area contributed by atoms with Gasteiger partial charge < -0.3 is 9.88 Å². The normalized spacial score (nSPS) is 16.4. The maximum absolute atomic E-state index is 3.36. The minimum Gasteiger partial charge on any atom is -0.350 e. The molecule has 0 bridgehead atoms. The van der Waals surface area contributed by atoms with Gasteiger partial charge in [-0.05, 0) is 18.2 Å². The number of rotatable bonds is 4. The molecule has 0 radical (unpaired) electrons. The van der Waals surface area contributed by atoms with Crippen molar-refractivity contribution in [3.05, 3.63) is 36.0 Å². The molecular weight excluding hydrogens is 222 g/mol. The van der Waals surface area contributed by atoms with Crippen LogP contribution in [0.5, 0.6) is 0 Å². The molecule has 18 heavy (non-hydrogen) atoms. The Balaban J connectivity index is 1.89. The van der Waals surface area contributed by atoms with Crippen LogP contribution in [0.1, 0.15) is 12.5 Å². The molecule has 0 spiro atoms. The molecule has 1 saturated heterocycles.